The number of fused-ring (bicyclic) bond motifs is 2. The van der Waals surface area contributed by atoms with Crippen molar-refractivity contribution in [3.63, 3.8) is 0 Å². The van der Waals surface area contributed by atoms with Crippen LogP contribution in [0.3, 0.4) is 0 Å². The molecule has 1 aromatic carbocycles. The van der Waals surface area contributed by atoms with Gasteiger partial charge in [0.1, 0.15) is 6.07 Å². The number of anilines is 2. The van der Waals surface area contributed by atoms with Crippen molar-refractivity contribution in [1.82, 2.24) is 15.0 Å². The van der Waals surface area contributed by atoms with Gasteiger partial charge in [-0.25, -0.2) is 19.7 Å². The van der Waals surface area contributed by atoms with Gasteiger partial charge >= 0.3 is 12.1 Å². The molecule has 3 atom stereocenters. The number of alkyl halides is 3. The molecule has 0 bridgehead atoms. The number of aromatic nitrogens is 3. The summed E-state index contributed by atoms with van der Waals surface area (Å²) in [7, 11) is 0. The number of aryl methyl sites for hydroxylation is 1. The van der Waals surface area contributed by atoms with Crippen molar-refractivity contribution in [2.45, 2.75) is 32.5 Å². The Balaban J connectivity index is 1.57. The minimum atomic E-state index is -4.32. The number of carboxylic acid groups (broad SMARTS) is 1. The van der Waals surface area contributed by atoms with E-state index in [0.29, 0.717) is 16.6 Å². The fourth-order valence-electron chi connectivity index (χ4n) is 5.06. The summed E-state index contributed by atoms with van der Waals surface area (Å²) in [6.45, 7) is 3.49. The standard InChI is InChI=1S/C24H20ClF3N6O2/c1-11-5-14(12(2)31-19-15(25)3-4-30-20(19)22(35)36)18-16(6-11)32-17(8-29)21(33-18)34-9-13-7-23(13,10-34)24(26,27)28/h3-6,12-13,31H,7,9-10H2,1-2H3,(H,35,36)/t12-,13?,23-/m1/s1. The van der Waals surface area contributed by atoms with Crippen molar-refractivity contribution in [3.8, 4) is 6.07 Å². The number of carboxylic acids is 1. The second-order valence-corrected chi connectivity index (χ2v) is 9.76. The Kier molecular flexibility index (Phi) is 5.48. The highest BCUT2D eigenvalue weighted by atomic mass is 35.5. The van der Waals surface area contributed by atoms with Gasteiger partial charge in [0.25, 0.3) is 0 Å². The largest absolute Gasteiger partial charge is 0.476 e. The van der Waals surface area contributed by atoms with Gasteiger partial charge in [-0.15, -0.1) is 0 Å². The first-order valence-electron chi connectivity index (χ1n) is 11.1. The lowest BCUT2D eigenvalue weighted by molar-refractivity contribution is -0.184. The Hall–Kier alpha value is -3.65. The molecule has 0 radical (unpaired) electrons. The normalized spacial score (nSPS) is 21.7. The van der Waals surface area contributed by atoms with Crippen molar-refractivity contribution in [2.24, 2.45) is 11.3 Å². The molecule has 2 N–H and O–H groups in total. The number of nitrogens with zero attached hydrogens (tertiary/aromatic N) is 5. The molecule has 186 valence electrons. The lowest BCUT2D eigenvalue weighted by Gasteiger charge is -2.25. The first-order chi connectivity index (χ1) is 16.9. The molecular weight excluding hydrogens is 497 g/mol. The Bertz CT molecular complexity index is 1460. The molecule has 5 rings (SSSR count). The molecule has 36 heavy (non-hydrogen) atoms. The molecule has 0 spiro atoms. The third kappa shape index (κ3) is 3.76. The van der Waals surface area contributed by atoms with Crippen LogP contribution < -0.4 is 10.2 Å². The van der Waals surface area contributed by atoms with Gasteiger partial charge in [-0.3, -0.25) is 0 Å². The van der Waals surface area contributed by atoms with Crippen LogP contribution >= 0.6 is 11.6 Å². The second kappa shape index (κ2) is 8.20. The first-order valence-corrected chi connectivity index (χ1v) is 11.5. The van der Waals surface area contributed by atoms with Gasteiger partial charge in [-0.2, -0.15) is 18.4 Å². The van der Waals surface area contributed by atoms with Gasteiger partial charge in [-0.1, -0.05) is 17.7 Å². The zero-order valence-electron chi connectivity index (χ0n) is 19.2. The van der Waals surface area contributed by atoms with Crippen LogP contribution in [0.15, 0.2) is 24.4 Å². The van der Waals surface area contributed by atoms with E-state index in [0.717, 1.165) is 5.56 Å². The minimum absolute atomic E-state index is 0.0400. The number of pyridine rings is 1. The number of nitrogens with one attached hydrogen (secondary N) is 1. The summed E-state index contributed by atoms with van der Waals surface area (Å²) >= 11 is 6.24. The van der Waals surface area contributed by atoms with E-state index in [2.05, 4.69) is 20.3 Å². The van der Waals surface area contributed by atoms with Crippen LogP contribution in [0, 0.1) is 29.6 Å². The molecule has 1 aliphatic carbocycles. The second-order valence-electron chi connectivity index (χ2n) is 9.35. The molecule has 8 nitrogen and oxygen atoms in total. The van der Waals surface area contributed by atoms with Crippen LogP contribution in [-0.4, -0.2) is 45.3 Å². The SMILES string of the molecule is Cc1cc([C@@H](C)Nc2c(Cl)ccnc2C(=O)O)c2nc(N3CC4C[C@@]4(C(F)(F)F)C3)c(C#N)nc2c1. The number of aromatic carboxylic acids is 1. The van der Waals surface area contributed by atoms with Crippen molar-refractivity contribution in [2.75, 3.05) is 23.3 Å². The number of hydrogen-bond donors (Lipinski definition) is 2. The molecule has 2 aliphatic rings. The molecule has 2 aromatic heterocycles. The van der Waals surface area contributed by atoms with Gasteiger partial charge in [0.15, 0.2) is 17.2 Å². The van der Waals surface area contributed by atoms with E-state index >= 15 is 0 Å². The fourth-order valence-corrected chi connectivity index (χ4v) is 5.26. The smallest absolute Gasteiger partial charge is 0.396 e. The molecule has 1 unspecified atom stereocenters. The van der Waals surface area contributed by atoms with Gasteiger partial charge in [0, 0.05) is 24.8 Å². The molecule has 3 heterocycles. The summed E-state index contributed by atoms with van der Waals surface area (Å²) in [5.41, 5.74) is 0.312. The number of rotatable bonds is 5. The van der Waals surface area contributed by atoms with Crippen LogP contribution in [0.1, 0.15) is 46.7 Å². The molecule has 3 aromatic rings. The van der Waals surface area contributed by atoms with E-state index in [-0.39, 0.29) is 47.4 Å². The summed E-state index contributed by atoms with van der Waals surface area (Å²) in [6.07, 6.45) is -2.95. The summed E-state index contributed by atoms with van der Waals surface area (Å²) in [5.74, 6) is -1.67. The maximum absolute atomic E-state index is 13.7. The Morgan fingerprint density at radius 1 is 1.39 bits per heavy atom. The lowest BCUT2D eigenvalue weighted by atomic mass is 10.0. The van der Waals surface area contributed by atoms with E-state index in [1.165, 1.54) is 17.2 Å². The van der Waals surface area contributed by atoms with Gasteiger partial charge < -0.3 is 15.3 Å². The van der Waals surface area contributed by atoms with E-state index in [9.17, 15) is 28.3 Å². The minimum Gasteiger partial charge on any atom is -0.476 e. The average molecular weight is 517 g/mol. The average Bonchev–Trinajstić information content (AvgIpc) is 3.39. The lowest BCUT2D eigenvalue weighted by Crippen LogP contribution is -2.34. The van der Waals surface area contributed by atoms with Crippen LogP contribution in [0.4, 0.5) is 24.7 Å². The highest BCUT2D eigenvalue weighted by molar-refractivity contribution is 6.33. The van der Waals surface area contributed by atoms with Crippen LogP contribution in [-0.2, 0) is 0 Å². The van der Waals surface area contributed by atoms with Crippen molar-refractivity contribution in [3.05, 3.63) is 51.9 Å². The Labute approximate surface area is 208 Å². The predicted molar refractivity (Wildman–Crippen MR) is 126 cm³/mol. The van der Waals surface area contributed by atoms with Gasteiger partial charge in [0.2, 0.25) is 0 Å². The van der Waals surface area contributed by atoms with E-state index < -0.39 is 29.5 Å². The van der Waals surface area contributed by atoms with E-state index in [1.807, 2.05) is 19.1 Å². The molecular formula is C24H20ClF3N6O2. The van der Waals surface area contributed by atoms with Crippen molar-refractivity contribution < 1.29 is 23.1 Å². The predicted octanol–water partition coefficient (Wildman–Crippen LogP) is 5.12. The summed E-state index contributed by atoms with van der Waals surface area (Å²) < 4.78 is 41.0. The molecule has 2 fully saturated rings. The highest BCUT2D eigenvalue weighted by Gasteiger charge is 2.74. The third-order valence-corrected chi connectivity index (χ3v) is 7.29. The Morgan fingerprint density at radius 2 is 2.14 bits per heavy atom. The van der Waals surface area contributed by atoms with Gasteiger partial charge in [0.05, 0.1) is 33.2 Å². The molecule has 1 saturated carbocycles. The molecule has 12 heteroatoms. The number of carbonyl (C=O) groups is 1. The van der Waals surface area contributed by atoms with Crippen LogP contribution in [0.5, 0.6) is 0 Å². The zero-order valence-corrected chi connectivity index (χ0v) is 19.9. The quantitative estimate of drug-likeness (QED) is 0.480. The Morgan fingerprint density at radius 3 is 2.78 bits per heavy atom. The van der Waals surface area contributed by atoms with Crippen molar-refractivity contribution >= 4 is 40.1 Å². The topological polar surface area (TPSA) is 115 Å². The van der Waals surface area contributed by atoms with E-state index in [4.69, 9.17) is 11.6 Å². The number of halogens is 4. The summed E-state index contributed by atoms with van der Waals surface area (Å²) in [4.78, 5) is 26.1. The van der Waals surface area contributed by atoms with Crippen LogP contribution in [0.25, 0.3) is 11.0 Å². The first kappa shape index (κ1) is 24.1. The number of benzene rings is 1. The summed E-state index contributed by atoms with van der Waals surface area (Å²) in [5, 5.41) is 22.5. The maximum Gasteiger partial charge on any atom is 0.396 e. The van der Waals surface area contributed by atoms with E-state index in [1.54, 1.807) is 13.0 Å². The number of hydrogen-bond acceptors (Lipinski definition) is 7. The molecule has 1 saturated heterocycles. The number of nitriles is 1. The molecule has 0 amide bonds. The summed E-state index contributed by atoms with van der Waals surface area (Å²) in [6, 6.07) is 6.47. The van der Waals surface area contributed by atoms with Crippen LogP contribution in [0.2, 0.25) is 5.02 Å². The number of piperidine rings is 1. The zero-order chi connectivity index (χ0) is 26.0. The molecule has 1 aliphatic heterocycles. The monoisotopic (exact) mass is 516 g/mol. The highest BCUT2D eigenvalue weighted by Crippen LogP contribution is 2.66. The third-order valence-electron chi connectivity index (χ3n) is 6.97. The van der Waals surface area contributed by atoms with Gasteiger partial charge in [-0.05, 0) is 43.9 Å². The maximum atomic E-state index is 13.7. The fraction of sp³-hybridized carbons (Fsp3) is 0.375. The van der Waals surface area contributed by atoms with Crippen molar-refractivity contribution in [1.29, 1.82) is 5.26 Å².